The van der Waals surface area contributed by atoms with Crippen molar-refractivity contribution in [2.45, 2.75) is 13.0 Å². The number of nitrogens with zero attached hydrogens (tertiary/aromatic N) is 2. The van der Waals surface area contributed by atoms with Crippen LogP contribution in [0.15, 0.2) is 30.3 Å². The average molecular weight is 213 g/mol. The van der Waals surface area contributed by atoms with Gasteiger partial charge in [-0.15, -0.1) is 0 Å². The Labute approximate surface area is 95.1 Å². The first-order valence-corrected chi connectivity index (χ1v) is 5.67. The third-order valence-electron chi connectivity index (χ3n) is 3.16. The fraction of sp³-hybridized carbons (Fsp3) is 0.308. The lowest BCUT2D eigenvalue weighted by atomic mass is 10.2. The predicted octanol–water partition coefficient (Wildman–Crippen LogP) is 1.73. The first kappa shape index (κ1) is 9.60. The number of nitrogens with one attached hydrogen (secondary N) is 1. The zero-order valence-electron chi connectivity index (χ0n) is 9.40. The molecule has 16 heavy (non-hydrogen) atoms. The molecule has 1 aromatic carbocycles. The van der Waals surface area contributed by atoms with Gasteiger partial charge >= 0.3 is 0 Å². The molecule has 0 atom stereocenters. The van der Waals surface area contributed by atoms with Crippen molar-refractivity contribution in [1.29, 1.82) is 0 Å². The van der Waals surface area contributed by atoms with Gasteiger partial charge in [-0.1, -0.05) is 30.3 Å². The molecule has 0 fully saturated rings. The van der Waals surface area contributed by atoms with E-state index in [1.165, 1.54) is 17.0 Å². The largest absolute Gasteiger partial charge is 0.330 e. The average Bonchev–Trinajstić information content (AvgIpc) is 2.69. The zero-order valence-corrected chi connectivity index (χ0v) is 9.40. The third-order valence-corrected chi connectivity index (χ3v) is 3.16. The van der Waals surface area contributed by atoms with Crippen LogP contribution in [0.2, 0.25) is 0 Å². The molecule has 0 radical (unpaired) electrons. The Morgan fingerprint density at radius 1 is 1.25 bits per heavy atom. The Morgan fingerprint density at radius 2 is 2.06 bits per heavy atom. The number of imidazole rings is 1. The summed E-state index contributed by atoms with van der Waals surface area (Å²) < 4.78 is 2.21. The topological polar surface area (TPSA) is 29.9 Å². The van der Waals surface area contributed by atoms with Crippen molar-refractivity contribution in [3.63, 3.8) is 0 Å². The Balaban J connectivity index is 2.12. The maximum atomic E-state index is 4.74. The van der Waals surface area contributed by atoms with Gasteiger partial charge in [0.1, 0.15) is 5.82 Å². The quantitative estimate of drug-likeness (QED) is 0.782. The van der Waals surface area contributed by atoms with E-state index in [0.29, 0.717) is 0 Å². The zero-order chi connectivity index (χ0) is 11.0. The fourth-order valence-electron chi connectivity index (χ4n) is 2.27. The van der Waals surface area contributed by atoms with Gasteiger partial charge in [-0.3, -0.25) is 0 Å². The Morgan fingerprint density at radius 3 is 2.81 bits per heavy atom. The summed E-state index contributed by atoms with van der Waals surface area (Å²) in [5.41, 5.74) is 3.77. The third kappa shape index (κ3) is 1.44. The minimum absolute atomic E-state index is 0.936. The van der Waals surface area contributed by atoms with E-state index < -0.39 is 0 Å². The first-order valence-electron chi connectivity index (χ1n) is 5.67. The lowest BCUT2D eigenvalue weighted by Crippen LogP contribution is -2.24. The van der Waals surface area contributed by atoms with Gasteiger partial charge in [0.15, 0.2) is 0 Å². The molecule has 0 aliphatic carbocycles. The molecule has 0 spiro atoms. The summed E-state index contributed by atoms with van der Waals surface area (Å²) in [5, 5.41) is 3.39. The summed E-state index contributed by atoms with van der Waals surface area (Å²) in [6.07, 6.45) is 1.04. The van der Waals surface area contributed by atoms with Crippen molar-refractivity contribution < 1.29 is 0 Å². The van der Waals surface area contributed by atoms with Gasteiger partial charge in [-0.05, 0) is 0 Å². The van der Waals surface area contributed by atoms with Gasteiger partial charge in [-0.2, -0.15) is 0 Å². The maximum absolute atomic E-state index is 4.74. The van der Waals surface area contributed by atoms with Gasteiger partial charge in [0.2, 0.25) is 0 Å². The van der Waals surface area contributed by atoms with E-state index in [1.54, 1.807) is 0 Å². The number of benzene rings is 1. The smallest absolute Gasteiger partial charge is 0.140 e. The van der Waals surface area contributed by atoms with Gasteiger partial charge in [0.25, 0.3) is 0 Å². The van der Waals surface area contributed by atoms with E-state index in [2.05, 4.69) is 41.2 Å². The van der Waals surface area contributed by atoms with Crippen LogP contribution in [0.25, 0.3) is 11.4 Å². The molecule has 0 amide bonds. The summed E-state index contributed by atoms with van der Waals surface area (Å²) in [5.74, 6) is 1.08. The van der Waals surface area contributed by atoms with Crippen LogP contribution < -0.4 is 5.32 Å². The van der Waals surface area contributed by atoms with Crippen molar-refractivity contribution in [3.05, 3.63) is 41.7 Å². The van der Waals surface area contributed by atoms with Gasteiger partial charge < -0.3 is 9.88 Å². The lowest BCUT2D eigenvalue weighted by molar-refractivity contribution is 0.607. The SMILES string of the molecule is Cn1c(-c2ccccc2)nc2c1CNCC2. The molecule has 82 valence electrons. The number of rotatable bonds is 1. The molecular formula is C13H15N3. The standard InChI is InChI=1S/C13H15N3/c1-16-12-9-14-8-7-11(12)15-13(16)10-5-3-2-4-6-10/h2-6,14H,7-9H2,1H3. The Kier molecular flexibility index (Phi) is 2.26. The van der Waals surface area contributed by atoms with E-state index in [9.17, 15) is 0 Å². The second kappa shape index (κ2) is 3.76. The van der Waals surface area contributed by atoms with Crippen LogP contribution in [0, 0.1) is 0 Å². The summed E-state index contributed by atoms with van der Waals surface area (Å²) >= 11 is 0. The van der Waals surface area contributed by atoms with Gasteiger partial charge in [0, 0.05) is 32.1 Å². The van der Waals surface area contributed by atoms with Crippen LogP contribution in [-0.2, 0) is 20.0 Å². The number of aromatic nitrogens is 2. The first-order chi connectivity index (χ1) is 7.86. The van der Waals surface area contributed by atoms with Crippen LogP contribution in [-0.4, -0.2) is 16.1 Å². The Bertz CT molecular complexity index is 499. The molecule has 1 aliphatic heterocycles. The van der Waals surface area contributed by atoms with Crippen LogP contribution >= 0.6 is 0 Å². The molecule has 2 heterocycles. The molecule has 1 aromatic heterocycles. The molecule has 1 aliphatic rings. The lowest BCUT2D eigenvalue weighted by Gasteiger charge is -2.13. The van der Waals surface area contributed by atoms with Crippen molar-refractivity contribution in [2.75, 3.05) is 6.54 Å². The molecule has 2 aromatic rings. The summed E-state index contributed by atoms with van der Waals surface area (Å²) in [6, 6.07) is 10.4. The van der Waals surface area contributed by atoms with Crippen molar-refractivity contribution in [2.24, 2.45) is 7.05 Å². The molecule has 0 bridgehead atoms. The minimum atomic E-state index is 0.936. The molecule has 3 nitrogen and oxygen atoms in total. The fourth-order valence-corrected chi connectivity index (χ4v) is 2.27. The highest BCUT2D eigenvalue weighted by Gasteiger charge is 2.17. The van der Waals surface area contributed by atoms with Crippen LogP contribution in [0.4, 0.5) is 0 Å². The minimum Gasteiger partial charge on any atom is -0.330 e. The number of fused-ring (bicyclic) bond motifs is 1. The Hall–Kier alpha value is -1.61. The van der Waals surface area contributed by atoms with E-state index in [4.69, 9.17) is 4.98 Å². The molecular weight excluding hydrogens is 198 g/mol. The second-order valence-electron chi connectivity index (χ2n) is 4.18. The van der Waals surface area contributed by atoms with Crippen LogP contribution in [0.5, 0.6) is 0 Å². The van der Waals surface area contributed by atoms with Crippen molar-refractivity contribution in [3.8, 4) is 11.4 Å². The van der Waals surface area contributed by atoms with Crippen LogP contribution in [0.1, 0.15) is 11.4 Å². The van der Waals surface area contributed by atoms with Gasteiger partial charge in [0.05, 0.1) is 11.4 Å². The second-order valence-corrected chi connectivity index (χ2v) is 4.18. The van der Waals surface area contributed by atoms with E-state index in [1.807, 2.05) is 6.07 Å². The number of hydrogen-bond acceptors (Lipinski definition) is 2. The summed E-state index contributed by atoms with van der Waals surface area (Å²) in [6.45, 7) is 1.98. The monoisotopic (exact) mass is 213 g/mol. The highest BCUT2D eigenvalue weighted by atomic mass is 15.1. The van der Waals surface area contributed by atoms with E-state index in [-0.39, 0.29) is 0 Å². The predicted molar refractivity (Wildman–Crippen MR) is 64.1 cm³/mol. The van der Waals surface area contributed by atoms with Crippen LogP contribution in [0.3, 0.4) is 0 Å². The van der Waals surface area contributed by atoms with Crippen molar-refractivity contribution >= 4 is 0 Å². The van der Waals surface area contributed by atoms with Gasteiger partial charge in [-0.25, -0.2) is 4.98 Å². The summed E-state index contributed by atoms with van der Waals surface area (Å²) in [4.78, 5) is 4.74. The molecule has 0 unspecified atom stereocenters. The number of hydrogen-bond donors (Lipinski definition) is 1. The highest BCUT2D eigenvalue weighted by molar-refractivity contribution is 5.56. The van der Waals surface area contributed by atoms with E-state index >= 15 is 0 Å². The molecule has 3 rings (SSSR count). The molecule has 1 N–H and O–H groups in total. The van der Waals surface area contributed by atoms with E-state index in [0.717, 1.165) is 25.3 Å². The highest BCUT2D eigenvalue weighted by Crippen LogP contribution is 2.22. The molecule has 0 saturated heterocycles. The van der Waals surface area contributed by atoms with Crippen molar-refractivity contribution in [1.82, 2.24) is 14.9 Å². The normalized spacial score (nSPS) is 14.8. The summed E-state index contributed by atoms with van der Waals surface area (Å²) in [7, 11) is 2.10. The molecule has 3 heteroatoms. The maximum Gasteiger partial charge on any atom is 0.140 e. The molecule has 0 saturated carbocycles.